The highest BCUT2D eigenvalue weighted by molar-refractivity contribution is 7.99. The second-order valence-corrected chi connectivity index (χ2v) is 7.03. The van der Waals surface area contributed by atoms with E-state index in [1.807, 2.05) is 11.8 Å². The number of aromatic nitrogens is 2. The van der Waals surface area contributed by atoms with E-state index in [1.165, 1.54) is 6.20 Å². The van der Waals surface area contributed by atoms with Crippen LogP contribution in [0, 0.1) is 12.8 Å². The second kappa shape index (κ2) is 7.27. The number of nitrogens with zero attached hydrogens (tertiary/aromatic N) is 3. The van der Waals surface area contributed by atoms with Crippen molar-refractivity contribution in [2.24, 2.45) is 5.92 Å². The molecule has 2 amide bonds. The van der Waals surface area contributed by atoms with Gasteiger partial charge < -0.3 is 15.5 Å². The van der Waals surface area contributed by atoms with Gasteiger partial charge in [0.1, 0.15) is 5.69 Å². The third-order valence-corrected chi connectivity index (χ3v) is 5.11. The van der Waals surface area contributed by atoms with Crippen LogP contribution in [-0.4, -0.2) is 64.0 Å². The summed E-state index contributed by atoms with van der Waals surface area (Å²) in [6, 6.07) is -0.116. The van der Waals surface area contributed by atoms with Crippen LogP contribution in [0.15, 0.2) is 12.4 Å². The lowest BCUT2D eigenvalue weighted by Crippen LogP contribution is -2.42. The Hall–Kier alpha value is -1.67. The molecule has 0 unspecified atom stereocenters. The Morgan fingerprint density at radius 2 is 2.30 bits per heavy atom. The smallest absolute Gasteiger partial charge is 0.271 e. The summed E-state index contributed by atoms with van der Waals surface area (Å²) in [6.45, 7) is 3.96. The molecule has 8 heteroatoms. The van der Waals surface area contributed by atoms with Crippen molar-refractivity contribution >= 4 is 23.6 Å². The topological polar surface area (TPSA) is 87.2 Å². The van der Waals surface area contributed by atoms with Crippen molar-refractivity contribution in [1.82, 2.24) is 25.5 Å². The number of hydrogen-bond acceptors (Lipinski definition) is 6. The number of carbonyl (C=O) groups excluding carboxylic acids is 2. The van der Waals surface area contributed by atoms with E-state index in [1.54, 1.807) is 18.0 Å². The lowest BCUT2D eigenvalue weighted by molar-refractivity contribution is -0.131. The van der Waals surface area contributed by atoms with Gasteiger partial charge in [0, 0.05) is 31.6 Å². The first-order valence-electron chi connectivity index (χ1n) is 7.80. The van der Waals surface area contributed by atoms with Gasteiger partial charge in [-0.2, -0.15) is 0 Å². The maximum absolute atomic E-state index is 12.3. The summed E-state index contributed by atoms with van der Waals surface area (Å²) in [5.74, 6) is 2.05. The molecule has 0 aliphatic carbocycles. The molecular formula is C15H21N5O2S. The lowest BCUT2D eigenvalue weighted by atomic mass is 10.0. The molecule has 1 aromatic heterocycles. The summed E-state index contributed by atoms with van der Waals surface area (Å²) in [4.78, 5) is 34.4. The molecule has 1 aromatic rings. The van der Waals surface area contributed by atoms with E-state index in [0.717, 1.165) is 36.8 Å². The van der Waals surface area contributed by atoms with Crippen molar-refractivity contribution in [3.05, 3.63) is 23.8 Å². The predicted molar refractivity (Wildman–Crippen MR) is 88.0 cm³/mol. The molecule has 0 spiro atoms. The Morgan fingerprint density at radius 1 is 1.43 bits per heavy atom. The molecule has 7 nitrogen and oxygen atoms in total. The third kappa shape index (κ3) is 4.00. The fraction of sp³-hybridized carbons (Fsp3) is 0.600. The Balaban J connectivity index is 1.45. The van der Waals surface area contributed by atoms with Gasteiger partial charge in [-0.25, -0.2) is 4.98 Å². The zero-order valence-electron chi connectivity index (χ0n) is 13.1. The van der Waals surface area contributed by atoms with Crippen molar-refractivity contribution in [3.63, 3.8) is 0 Å². The van der Waals surface area contributed by atoms with E-state index in [4.69, 9.17) is 0 Å². The number of hydrogen-bond donors (Lipinski definition) is 2. The zero-order valence-corrected chi connectivity index (χ0v) is 13.9. The molecular weight excluding hydrogens is 314 g/mol. The summed E-state index contributed by atoms with van der Waals surface area (Å²) in [6.07, 6.45) is 3.82. The molecule has 3 rings (SSSR count). The minimum absolute atomic E-state index is 0.116. The molecule has 2 saturated heterocycles. The van der Waals surface area contributed by atoms with Crippen LogP contribution in [0.1, 0.15) is 22.6 Å². The molecule has 124 valence electrons. The van der Waals surface area contributed by atoms with E-state index in [2.05, 4.69) is 20.6 Å². The van der Waals surface area contributed by atoms with Gasteiger partial charge in [0.05, 0.1) is 23.8 Å². The molecule has 2 aliphatic rings. The van der Waals surface area contributed by atoms with Crippen molar-refractivity contribution in [2.45, 2.75) is 19.4 Å². The molecule has 0 bridgehead atoms. The van der Waals surface area contributed by atoms with Gasteiger partial charge in [0.25, 0.3) is 5.91 Å². The minimum atomic E-state index is -0.219. The molecule has 0 aromatic carbocycles. The van der Waals surface area contributed by atoms with E-state index in [0.29, 0.717) is 12.2 Å². The summed E-state index contributed by atoms with van der Waals surface area (Å²) < 4.78 is 0. The van der Waals surface area contributed by atoms with Crippen LogP contribution in [0.4, 0.5) is 0 Å². The quantitative estimate of drug-likeness (QED) is 0.807. The fourth-order valence-electron chi connectivity index (χ4n) is 2.80. The number of nitrogens with one attached hydrogen (secondary N) is 2. The van der Waals surface area contributed by atoms with Crippen molar-refractivity contribution in [3.8, 4) is 0 Å². The highest BCUT2D eigenvalue weighted by atomic mass is 32.2. The molecule has 0 radical (unpaired) electrons. The Labute approximate surface area is 139 Å². The largest absolute Gasteiger partial charge is 0.350 e. The summed E-state index contributed by atoms with van der Waals surface area (Å²) in [5, 5.41) is 6.15. The Morgan fingerprint density at radius 3 is 3.00 bits per heavy atom. The van der Waals surface area contributed by atoms with Crippen LogP contribution < -0.4 is 10.6 Å². The van der Waals surface area contributed by atoms with Crippen molar-refractivity contribution < 1.29 is 9.59 Å². The van der Waals surface area contributed by atoms with Crippen LogP contribution in [0.2, 0.25) is 0 Å². The first-order chi connectivity index (χ1) is 11.1. The van der Waals surface area contributed by atoms with Crippen LogP contribution in [0.3, 0.4) is 0 Å². The molecule has 2 atom stereocenters. The highest BCUT2D eigenvalue weighted by Gasteiger charge is 2.33. The average Bonchev–Trinajstić information content (AvgIpc) is 3.24. The maximum Gasteiger partial charge on any atom is 0.271 e. The number of thioether (sulfide) groups is 1. The van der Waals surface area contributed by atoms with Crippen molar-refractivity contribution in [1.29, 1.82) is 0 Å². The van der Waals surface area contributed by atoms with E-state index in [9.17, 15) is 9.59 Å². The average molecular weight is 335 g/mol. The van der Waals surface area contributed by atoms with Crippen LogP contribution >= 0.6 is 11.8 Å². The van der Waals surface area contributed by atoms with Gasteiger partial charge in [-0.15, -0.1) is 11.8 Å². The van der Waals surface area contributed by atoms with Crippen LogP contribution in [0.5, 0.6) is 0 Å². The standard InChI is InChI=1S/C15H21N5O2S/c1-10-5-17-13(8-16-10)14(21)19-7-11-4-12(18-6-11)15(22)20-2-3-23-9-20/h5,8,11-12,18H,2-4,6-7,9H2,1H3,(H,19,21)/t11-,12-/m0/s1. The normalized spacial score (nSPS) is 24.0. The Kier molecular flexibility index (Phi) is 5.12. The van der Waals surface area contributed by atoms with Gasteiger partial charge >= 0.3 is 0 Å². The van der Waals surface area contributed by atoms with E-state index < -0.39 is 0 Å². The zero-order chi connectivity index (χ0) is 16.2. The fourth-order valence-corrected chi connectivity index (χ4v) is 3.75. The number of amides is 2. The van der Waals surface area contributed by atoms with E-state index >= 15 is 0 Å². The molecule has 2 fully saturated rings. The van der Waals surface area contributed by atoms with Gasteiger partial charge in [-0.3, -0.25) is 14.6 Å². The summed E-state index contributed by atoms with van der Waals surface area (Å²) >= 11 is 1.79. The van der Waals surface area contributed by atoms with E-state index in [-0.39, 0.29) is 23.8 Å². The highest BCUT2D eigenvalue weighted by Crippen LogP contribution is 2.19. The summed E-state index contributed by atoms with van der Waals surface area (Å²) in [7, 11) is 0. The maximum atomic E-state index is 12.3. The van der Waals surface area contributed by atoms with Gasteiger partial charge in [-0.05, 0) is 19.3 Å². The number of carbonyl (C=O) groups is 2. The van der Waals surface area contributed by atoms with Crippen molar-refractivity contribution in [2.75, 3.05) is 31.3 Å². The molecule has 2 aliphatic heterocycles. The first kappa shape index (κ1) is 16.2. The van der Waals surface area contributed by atoms with Crippen LogP contribution in [-0.2, 0) is 4.79 Å². The molecule has 0 saturated carbocycles. The first-order valence-corrected chi connectivity index (χ1v) is 8.95. The van der Waals surface area contributed by atoms with Gasteiger partial charge in [-0.1, -0.05) is 0 Å². The lowest BCUT2D eigenvalue weighted by Gasteiger charge is -2.19. The Bertz CT molecular complexity index is 574. The molecule has 2 N–H and O–H groups in total. The van der Waals surface area contributed by atoms with Crippen LogP contribution in [0.25, 0.3) is 0 Å². The second-order valence-electron chi connectivity index (χ2n) is 5.95. The minimum Gasteiger partial charge on any atom is -0.350 e. The third-order valence-electron chi connectivity index (χ3n) is 4.15. The molecule has 23 heavy (non-hydrogen) atoms. The van der Waals surface area contributed by atoms with Gasteiger partial charge in [0.2, 0.25) is 5.91 Å². The number of aryl methyl sites for hydroxylation is 1. The number of rotatable bonds is 4. The summed E-state index contributed by atoms with van der Waals surface area (Å²) in [5.41, 5.74) is 1.10. The SMILES string of the molecule is Cc1cnc(C(=O)NC[C@@H]2CN[C@H](C(=O)N3CCSC3)C2)cn1. The predicted octanol–water partition coefficient (Wildman–Crippen LogP) is 0.0258. The monoisotopic (exact) mass is 335 g/mol. The molecule has 3 heterocycles. The van der Waals surface area contributed by atoms with Gasteiger partial charge in [0.15, 0.2) is 0 Å².